The molecular formula is C26H30N2O7. The summed E-state index contributed by atoms with van der Waals surface area (Å²) in [6, 6.07) is 10.0. The lowest BCUT2D eigenvalue weighted by molar-refractivity contribution is -0.132. The molecule has 2 unspecified atom stereocenters. The van der Waals surface area contributed by atoms with Gasteiger partial charge in [-0.3, -0.25) is 9.69 Å². The second kappa shape index (κ2) is 10.3. The van der Waals surface area contributed by atoms with Crippen LogP contribution in [0, 0.1) is 0 Å². The van der Waals surface area contributed by atoms with Crippen LogP contribution < -0.4 is 24.3 Å². The van der Waals surface area contributed by atoms with E-state index < -0.39 is 23.6 Å². The number of carbonyl (C=O) groups is 2. The van der Waals surface area contributed by atoms with Crippen LogP contribution in [0.4, 0.5) is 4.79 Å². The Bertz CT molecular complexity index is 1130. The number of imide groups is 1. The maximum atomic E-state index is 13.3. The zero-order valence-corrected chi connectivity index (χ0v) is 20.1. The van der Waals surface area contributed by atoms with Gasteiger partial charge >= 0.3 is 6.03 Å². The van der Waals surface area contributed by atoms with Gasteiger partial charge in [0.05, 0.1) is 26.9 Å². The molecule has 2 aliphatic heterocycles. The summed E-state index contributed by atoms with van der Waals surface area (Å²) >= 11 is 0. The van der Waals surface area contributed by atoms with Gasteiger partial charge in [-0.2, -0.15) is 0 Å². The molecule has 35 heavy (non-hydrogen) atoms. The molecule has 0 saturated carbocycles. The van der Waals surface area contributed by atoms with Gasteiger partial charge in [0.2, 0.25) is 0 Å². The molecule has 0 radical (unpaired) electrons. The molecule has 2 atom stereocenters. The molecule has 3 amide bonds. The number of carbonyl (C=O) groups excluding carboxylic acids is 2. The Balaban J connectivity index is 1.43. The lowest BCUT2D eigenvalue weighted by Gasteiger charge is -2.24. The molecule has 4 rings (SSSR count). The number of aliphatic hydroxyl groups excluding tert-OH is 1. The van der Waals surface area contributed by atoms with Gasteiger partial charge in [0, 0.05) is 6.42 Å². The van der Waals surface area contributed by atoms with E-state index in [1.807, 2.05) is 31.2 Å². The lowest BCUT2D eigenvalue weighted by Crippen LogP contribution is -2.42. The highest BCUT2D eigenvalue weighted by Crippen LogP contribution is 2.37. The standard InChI is InChI=1S/C26H30N2O7/c1-4-6-17-7-9-20(22(13-17)32-3)35-16-19(29)15-28-24(30)26(2,27-25(28)31)18-8-10-21-23(14-18)34-12-5-11-33-21/h4,6-10,13-14,19,29H,5,11-12,15-16H2,1-3H3,(H,27,31)/b6-4+. The van der Waals surface area contributed by atoms with Crippen LogP contribution in [0.15, 0.2) is 42.5 Å². The molecule has 0 aromatic heterocycles. The van der Waals surface area contributed by atoms with Crippen molar-refractivity contribution in [3.63, 3.8) is 0 Å². The van der Waals surface area contributed by atoms with Gasteiger partial charge in [-0.05, 0) is 49.2 Å². The van der Waals surface area contributed by atoms with Gasteiger partial charge in [-0.1, -0.05) is 24.3 Å². The number of rotatable bonds is 8. The van der Waals surface area contributed by atoms with Crippen molar-refractivity contribution in [2.75, 3.05) is 33.5 Å². The number of amides is 3. The van der Waals surface area contributed by atoms with E-state index in [1.54, 1.807) is 31.2 Å². The quantitative estimate of drug-likeness (QED) is 0.557. The van der Waals surface area contributed by atoms with Crippen LogP contribution in [0.5, 0.6) is 23.0 Å². The maximum Gasteiger partial charge on any atom is 0.325 e. The summed E-state index contributed by atoms with van der Waals surface area (Å²) in [6.07, 6.45) is 3.50. The number of β-amino-alcohol motifs (C(OH)–C–C–N with tert-alkyl or cyclic N) is 1. The zero-order valence-electron chi connectivity index (χ0n) is 20.1. The monoisotopic (exact) mass is 482 g/mol. The highest BCUT2D eigenvalue weighted by Gasteiger charge is 2.49. The Morgan fingerprint density at radius 3 is 2.66 bits per heavy atom. The molecule has 2 aromatic rings. The summed E-state index contributed by atoms with van der Waals surface area (Å²) in [4.78, 5) is 27.0. The predicted molar refractivity (Wildman–Crippen MR) is 129 cm³/mol. The molecular weight excluding hydrogens is 452 g/mol. The Hall–Kier alpha value is -3.72. The minimum atomic E-state index is -1.30. The number of ether oxygens (including phenoxy) is 4. The van der Waals surface area contributed by atoms with Crippen molar-refractivity contribution in [1.82, 2.24) is 10.2 Å². The van der Waals surface area contributed by atoms with Crippen LogP contribution in [0.2, 0.25) is 0 Å². The smallest absolute Gasteiger partial charge is 0.325 e. The van der Waals surface area contributed by atoms with E-state index in [1.165, 1.54) is 7.11 Å². The molecule has 1 saturated heterocycles. The average molecular weight is 483 g/mol. The molecule has 2 heterocycles. The minimum Gasteiger partial charge on any atom is -0.493 e. The van der Waals surface area contributed by atoms with Gasteiger partial charge in [0.1, 0.15) is 18.2 Å². The van der Waals surface area contributed by atoms with E-state index in [9.17, 15) is 14.7 Å². The maximum absolute atomic E-state index is 13.3. The van der Waals surface area contributed by atoms with Gasteiger partial charge in [0.15, 0.2) is 23.0 Å². The number of nitrogens with one attached hydrogen (secondary N) is 1. The molecule has 0 aliphatic carbocycles. The fourth-order valence-corrected chi connectivity index (χ4v) is 4.08. The van der Waals surface area contributed by atoms with E-state index in [0.29, 0.717) is 41.8 Å². The number of urea groups is 1. The van der Waals surface area contributed by atoms with Gasteiger partial charge in [-0.25, -0.2) is 4.79 Å². The van der Waals surface area contributed by atoms with E-state index in [4.69, 9.17) is 18.9 Å². The van der Waals surface area contributed by atoms with E-state index >= 15 is 0 Å². The van der Waals surface area contributed by atoms with Gasteiger partial charge in [-0.15, -0.1) is 0 Å². The molecule has 1 fully saturated rings. The number of aliphatic hydroxyl groups is 1. The summed E-state index contributed by atoms with van der Waals surface area (Å²) < 4.78 is 22.5. The van der Waals surface area contributed by atoms with E-state index in [0.717, 1.165) is 16.9 Å². The summed E-state index contributed by atoms with van der Waals surface area (Å²) in [5, 5.41) is 13.3. The first kappa shape index (κ1) is 24.4. The number of hydrogen-bond acceptors (Lipinski definition) is 7. The largest absolute Gasteiger partial charge is 0.493 e. The molecule has 9 heteroatoms. The second-order valence-corrected chi connectivity index (χ2v) is 8.56. The Labute approximate surface area is 204 Å². The fraction of sp³-hybridized carbons (Fsp3) is 0.385. The average Bonchev–Trinajstić information content (AvgIpc) is 3.01. The van der Waals surface area contributed by atoms with Crippen molar-refractivity contribution in [2.45, 2.75) is 31.9 Å². The summed E-state index contributed by atoms with van der Waals surface area (Å²) in [6.45, 7) is 4.27. The highest BCUT2D eigenvalue weighted by molar-refractivity contribution is 6.07. The van der Waals surface area contributed by atoms with Gasteiger partial charge in [0.25, 0.3) is 5.91 Å². The number of hydrogen-bond donors (Lipinski definition) is 2. The van der Waals surface area contributed by atoms with Crippen molar-refractivity contribution in [3.05, 3.63) is 53.6 Å². The van der Waals surface area contributed by atoms with Crippen LogP contribution in [0.3, 0.4) is 0 Å². The van der Waals surface area contributed by atoms with Crippen molar-refractivity contribution in [1.29, 1.82) is 0 Å². The highest BCUT2D eigenvalue weighted by atomic mass is 16.5. The van der Waals surface area contributed by atoms with Crippen LogP contribution >= 0.6 is 0 Å². The number of benzene rings is 2. The van der Waals surface area contributed by atoms with Gasteiger partial charge < -0.3 is 29.4 Å². The molecule has 2 N–H and O–H groups in total. The van der Waals surface area contributed by atoms with Crippen LogP contribution in [0.25, 0.3) is 6.08 Å². The number of allylic oxidation sites excluding steroid dienone is 1. The van der Waals surface area contributed by atoms with Crippen molar-refractivity contribution >= 4 is 18.0 Å². The van der Waals surface area contributed by atoms with Crippen molar-refractivity contribution < 1.29 is 33.6 Å². The summed E-state index contributed by atoms with van der Waals surface area (Å²) in [5.74, 6) is 1.64. The topological polar surface area (TPSA) is 107 Å². The molecule has 0 bridgehead atoms. The third kappa shape index (κ3) is 5.05. The first-order chi connectivity index (χ1) is 16.9. The van der Waals surface area contributed by atoms with Crippen molar-refractivity contribution in [2.24, 2.45) is 0 Å². The summed E-state index contributed by atoms with van der Waals surface area (Å²) in [5.41, 5.74) is 0.221. The first-order valence-electron chi connectivity index (χ1n) is 11.5. The molecule has 186 valence electrons. The fourth-order valence-electron chi connectivity index (χ4n) is 4.08. The molecule has 2 aliphatic rings. The molecule has 0 spiro atoms. The first-order valence-corrected chi connectivity index (χ1v) is 11.5. The van der Waals surface area contributed by atoms with Crippen molar-refractivity contribution in [3.8, 4) is 23.0 Å². The molecule has 2 aromatic carbocycles. The third-order valence-corrected chi connectivity index (χ3v) is 5.97. The van der Waals surface area contributed by atoms with Crippen LogP contribution in [0.1, 0.15) is 31.4 Å². The van der Waals surface area contributed by atoms with Crippen LogP contribution in [-0.2, 0) is 10.3 Å². The number of fused-ring (bicyclic) bond motifs is 1. The SMILES string of the molecule is C/C=C/c1ccc(OCC(O)CN2C(=O)NC(C)(c3ccc4c(c3)OCCCO4)C2=O)c(OC)c1. The zero-order chi connectivity index (χ0) is 25.0. The Morgan fingerprint density at radius 2 is 1.91 bits per heavy atom. The Morgan fingerprint density at radius 1 is 1.14 bits per heavy atom. The van der Waals surface area contributed by atoms with E-state index in [-0.39, 0.29) is 13.2 Å². The number of nitrogens with zero attached hydrogens (tertiary/aromatic N) is 1. The summed E-state index contributed by atoms with van der Waals surface area (Å²) in [7, 11) is 1.53. The van der Waals surface area contributed by atoms with Crippen LogP contribution in [-0.4, -0.2) is 61.5 Å². The number of methoxy groups -OCH3 is 1. The normalized spacial score (nSPS) is 20.5. The Kier molecular flexibility index (Phi) is 7.16. The molecule has 9 nitrogen and oxygen atoms in total. The predicted octanol–water partition coefficient (Wildman–Crippen LogP) is 3.10. The third-order valence-electron chi connectivity index (χ3n) is 5.97. The second-order valence-electron chi connectivity index (χ2n) is 8.56. The van der Waals surface area contributed by atoms with E-state index in [2.05, 4.69) is 5.32 Å². The minimum absolute atomic E-state index is 0.128. The lowest BCUT2D eigenvalue weighted by atomic mass is 9.91.